The summed E-state index contributed by atoms with van der Waals surface area (Å²) in [6.07, 6.45) is 5.74. The maximum Gasteiger partial charge on any atom is 0.330 e. The van der Waals surface area contributed by atoms with Crippen molar-refractivity contribution in [2.75, 3.05) is 20.3 Å². The lowest BCUT2D eigenvalue weighted by molar-refractivity contribution is -0.138. The minimum atomic E-state index is -0.405. The topological polar surface area (TPSA) is 61.8 Å². The van der Waals surface area contributed by atoms with Gasteiger partial charge in [-0.3, -0.25) is 0 Å². The molecule has 0 saturated carbocycles. The molecule has 124 valence electrons. The summed E-state index contributed by atoms with van der Waals surface area (Å²) in [4.78, 5) is 21.9. The zero-order chi connectivity index (χ0) is 17.1. The Balaban J connectivity index is 2.38. The largest absolute Gasteiger partial charge is 0.493 e. The third-order valence-corrected chi connectivity index (χ3v) is 3.02. The summed E-state index contributed by atoms with van der Waals surface area (Å²) in [6.45, 7) is 6.18. The molecule has 5 heteroatoms. The van der Waals surface area contributed by atoms with E-state index in [1.807, 2.05) is 25.1 Å². The molecule has 23 heavy (non-hydrogen) atoms. The molecule has 0 aliphatic rings. The summed E-state index contributed by atoms with van der Waals surface area (Å²) in [5, 5.41) is 0. The summed E-state index contributed by atoms with van der Waals surface area (Å²) in [6, 6.07) is 5.66. The fourth-order valence-corrected chi connectivity index (χ4v) is 1.79. The molecule has 0 fully saturated rings. The predicted molar refractivity (Wildman–Crippen MR) is 88.1 cm³/mol. The highest BCUT2D eigenvalue weighted by molar-refractivity contribution is 5.87. The highest BCUT2D eigenvalue weighted by atomic mass is 16.5. The van der Waals surface area contributed by atoms with Crippen LogP contribution in [0, 0.1) is 6.92 Å². The van der Waals surface area contributed by atoms with E-state index in [9.17, 15) is 9.59 Å². The van der Waals surface area contributed by atoms with Gasteiger partial charge in [0.25, 0.3) is 0 Å². The van der Waals surface area contributed by atoms with Gasteiger partial charge >= 0.3 is 11.9 Å². The highest BCUT2D eigenvalue weighted by Crippen LogP contribution is 2.20. The van der Waals surface area contributed by atoms with Crippen LogP contribution in [0.3, 0.4) is 0 Å². The SMILES string of the molecule is C=CC(=O)OCCCCOc1ccc(/C=C/C(=O)OC)cc1C. The summed E-state index contributed by atoms with van der Waals surface area (Å²) in [7, 11) is 1.34. The number of carbonyl (C=O) groups excluding carboxylic acids is 2. The zero-order valence-electron chi connectivity index (χ0n) is 13.5. The van der Waals surface area contributed by atoms with Gasteiger partial charge in [0.05, 0.1) is 20.3 Å². The summed E-state index contributed by atoms with van der Waals surface area (Å²) >= 11 is 0. The van der Waals surface area contributed by atoms with Gasteiger partial charge in [-0.15, -0.1) is 0 Å². The van der Waals surface area contributed by atoms with Crippen LogP contribution in [0.15, 0.2) is 36.9 Å². The van der Waals surface area contributed by atoms with Gasteiger partial charge in [0.2, 0.25) is 0 Å². The molecule has 0 aromatic heterocycles. The Labute approximate surface area is 136 Å². The van der Waals surface area contributed by atoms with E-state index in [-0.39, 0.29) is 5.97 Å². The van der Waals surface area contributed by atoms with Crippen LogP contribution in [0.2, 0.25) is 0 Å². The van der Waals surface area contributed by atoms with Gasteiger partial charge in [0, 0.05) is 12.2 Å². The molecular weight excluding hydrogens is 296 g/mol. The number of ether oxygens (including phenoxy) is 3. The smallest absolute Gasteiger partial charge is 0.330 e. The molecule has 0 bridgehead atoms. The molecular formula is C18H22O5. The Hall–Kier alpha value is -2.56. The Kier molecular flexibility index (Phi) is 8.21. The van der Waals surface area contributed by atoms with E-state index in [0.29, 0.717) is 13.2 Å². The maximum atomic E-state index is 11.1. The van der Waals surface area contributed by atoms with Crippen molar-refractivity contribution in [2.24, 2.45) is 0 Å². The van der Waals surface area contributed by atoms with Crippen LogP contribution < -0.4 is 4.74 Å². The quantitative estimate of drug-likeness (QED) is 0.398. The van der Waals surface area contributed by atoms with Crippen molar-refractivity contribution in [1.29, 1.82) is 0 Å². The van der Waals surface area contributed by atoms with E-state index in [4.69, 9.17) is 9.47 Å². The average molecular weight is 318 g/mol. The molecule has 0 atom stereocenters. The zero-order valence-corrected chi connectivity index (χ0v) is 13.5. The van der Waals surface area contributed by atoms with Gasteiger partial charge in [-0.05, 0) is 49.1 Å². The van der Waals surface area contributed by atoms with E-state index in [2.05, 4.69) is 11.3 Å². The molecule has 5 nitrogen and oxygen atoms in total. The first kappa shape index (κ1) is 18.5. The van der Waals surface area contributed by atoms with E-state index >= 15 is 0 Å². The summed E-state index contributed by atoms with van der Waals surface area (Å²) < 4.78 is 15.1. The van der Waals surface area contributed by atoms with Gasteiger partial charge in [0.15, 0.2) is 0 Å². The van der Waals surface area contributed by atoms with Crippen LogP contribution in [0.25, 0.3) is 6.08 Å². The molecule has 0 N–H and O–H groups in total. The van der Waals surface area contributed by atoms with Gasteiger partial charge < -0.3 is 14.2 Å². The number of carbonyl (C=O) groups is 2. The first-order chi connectivity index (χ1) is 11.1. The molecule has 1 rings (SSSR count). The minimum Gasteiger partial charge on any atom is -0.493 e. The predicted octanol–water partition coefficient (Wildman–Crippen LogP) is 3.07. The third-order valence-electron chi connectivity index (χ3n) is 3.02. The van der Waals surface area contributed by atoms with Crippen molar-refractivity contribution >= 4 is 18.0 Å². The number of aryl methyl sites for hydroxylation is 1. The lowest BCUT2D eigenvalue weighted by Crippen LogP contribution is -2.04. The molecule has 0 amide bonds. The number of rotatable bonds is 9. The molecule has 0 unspecified atom stereocenters. The highest BCUT2D eigenvalue weighted by Gasteiger charge is 2.01. The maximum absolute atomic E-state index is 11.1. The van der Waals surface area contributed by atoms with Crippen LogP contribution in [-0.2, 0) is 19.1 Å². The average Bonchev–Trinajstić information content (AvgIpc) is 2.56. The van der Waals surface area contributed by atoms with Crippen molar-refractivity contribution < 1.29 is 23.8 Å². The van der Waals surface area contributed by atoms with Crippen molar-refractivity contribution in [3.63, 3.8) is 0 Å². The van der Waals surface area contributed by atoms with Gasteiger partial charge in [-0.25, -0.2) is 9.59 Å². The first-order valence-electron chi connectivity index (χ1n) is 7.35. The van der Waals surface area contributed by atoms with E-state index in [1.165, 1.54) is 13.2 Å². The molecule has 0 saturated heterocycles. The second kappa shape index (κ2) is 10.2. The lowest BCUT2D eigenvalue weighted by Gasteiger charge is -2.09. The molecule has 0 radical (unpaired) electrons. The van der Waals surface area contributed by atoms with Crippen molar-refractivity contribution in [2.45, 2.75) is 19.8 Å². The second-order valence-corrected chi connectivity index (χ2v) is 4.81. The Morgan fingerprint density at radius 2 is 1.91 bits per heavy atom. The lowest BCUT2D eigenvalue weighted by atomic mass is 10.1. The van der Waals surface area contributed by atoms with E-state index in [0.717, 1.165) is 35.8 Å². The van der Waals surface area contributed by atoms with Crippen LogP contribution in [0.1, 0.15) is 24.0 Å². The van der Waals surface area contributed by atoms with E-state index in [1.54, 1.807) is 6.08 Å². The number of hydrogen-bond acceptors (Lipinski definition) is 5. The van der Waals surface area contributed by atoms with Crippen molar-refractivity contribution in [1.82, 2.24) is 0 Å². The molecule has 1 aromatic carbocycles. The number of unbranched alkanes of at least 4 members (excludes halogenated alkanes) is 1. The van der Waals surface area contributed by atoms with Gasteiger partial charge in [-0.2, -0.15) is 0 Å². The Morgan fingerprint density at radius 3 is 2.57 bits per heavy atom. The molecule has 0 heterocycles. The number of methoxy groups -OCH3 is 1. The van der Waals surface area contributed by atoms with E-state index < -0.39 is 5.97 Å². The van der Waals surface area contributed by atoms with Crippen LogP contribution in [0.5, 0.6) is 5.75 Å². The van der Waals surface area contributed by atoms with Crippen molar-refractivity contribution in [3.8, 4) is 5.75 Å². The van der Waals surface area contributed by atoms with Crippen LogP contribution >= 0.6 is 0 Å². The number of hydrogen-bond donors (Lipinski definition) is 0. The fourth-order valence-electron chi connectivity index (χ4n) is 1.79. The third kappa shape index (κ3) is 7.31. The number of benzene rings is 1. The summed E-state index contributed by atoms with van der Waals surface area (Å²) in [5.74, 6) is 0.000740. The minimum absolute atomic E-state index is 0.366. The molecule has 0 aliphatic heterocycles. The number of esters is 2. The molecule has 1 aromatic rings. The monoisotopic (exact) mass is 318 g/mol. The fraction of sp³-hybridized carbons (Fsp3) is 0.333. The first-order valence-corrected chi connectivity index (χ1v) is 7.35. The van der Waals surface area contributed by atoms with Gasteiger partial charge in [0.1, 0.15) is 5.75 Å². The Bertz CT molecular complexity index is 575. The molecule has 0 aliphatic carbocycles. The standard InChI is InChI=1S/C18H22O5/c1-4-17(19)23-12-6-5-11-22-16-9-7-15(13-14(16)2)8-10-18(20)21-3/h4,7-10,13H,1,5-6,11-12H2,2-3H3/b10-8+. The second-order valence-electron chi connectivity index (χ2n) is 4.81. The summed E-state index contributed by atoms with van der Waals surface area (Å²) in [5.41, 5.74) is 1.88. The van der Waals surface area contributed by atoms with Crippen LogP contribution in [-0.4, -0.2) is 32.3 Å². The Morgan fingerprint density at radius 1 is 1.17 bits per heavy atom. The van der Waals surface area contributed by atoms with Crippen LogP contribution in [0.4, 0.5) is 0 Å². The van der Waals surface area contributed by atoms with Crippen molar-refractivity contribution in [3.05, 3.63) is 48.1 Å². The van der Waals surface area contributed by atoms with Gasteiger partial charge in [-0.1, -0.05) is 12.6 Å². The normalized spacial score (nSPS) is 10.3. The molecule has 0 spiro atoms.